The highest BCUT2D eigenvalue weighted by Gasteiger charge is 2.31. The van der Waals surface area contributed by atoms with Crippen molar-refractivity contribution in [3.8, 4) is 17.2 Å². The molecule has 0 aliphatic carbocycles. The first kappa shape index (κ1) is 27.1. The van der Waals surface area contributed by atoms with E-state index in [9.17, 15) is 14.9 Å². The van der Waals surface area contributed by atoms with E-state index >= 15 is 0 Å². The maximum absolute atomic E-state index is 13.0. The second-order valence-corrected chi connectivity index (χ2v) is 10.7. The lowest BCUT2D eigenvalue weighted by molar-refractivity contribution is -0.133. The average Bonchev–Trinajstić information content (AvgIpc) is 3.11. The lowest BCUT2D eigenvalue weighted by atomic mass is 10.0. The van der Waals surface area contributed by atoms with Gasteiger partial charge >= 0.3 is 6.09 Å². The van der Waals surface area contributed by atoms with Crippen LogP contribution in [0, 0.1) is 25.2 Å². The topological polar surface area (TPSA) is 109 Å². The second kappa shape index (κ2) is 11.2. The van der Waals surface area contributed by atoms with Crippen LogP contribution in [0.3, 0.4) is 0 Å². The Balaban J connectivity index is 1.39. The number of nitriles is 1. The van der Waals surface area contributed by atoms with Crippen LogP contribution in [0.5, 0.6) is 0 Å². The van der Waals surface area contributed by atoms with Gasteiger partial charge in [0.2, 0.25) is 0 Å². The summed E-state index contributed by atoms with van der Waals surface area (Å²) < 4.78 is 13.2. The van der Waals surface area contributed by atoms with Crippen molar-refractivity contribution in [2.75, 3.05) is 19.7 Å². The SMILES string of the molecule is Cc1cn2cc(-c3ccc(C[C@@H](C#N)NC(=O)[C@@H]4CN(C(=O)OC(C)(C)C)CCCO4)cc3)cc2c(C)n1. The van der Waals surface area contributed by atoms with Crippen LogP contribution < -0.4 is 5.32 Å². The second-order valence-electron chi connectivity index (χ2n) is 10.7. The molecule has 9 heteroatoms. The van der Waals surface area contributed by atoms with Crippen molar-refractivity contribution in [2.45, 2.75) is 65.2 Å². The molecule has 0 radical (unpaired) electrons. The number of carbonyl (C=O) groups is 2. The number of amides is 2. The van der Waals surface area contributed by atoms with Crippen LogP contribution in [0.2, 0.25) is 0 Å². The van der Waals surface area contributed by atoms with E-state index in [1.165, 1.54) is 4.90 Å². The average molecular weight is 518 g/mol. The lowest BCUT2D eigenvalue weighted by Crippen LogP contribution is -2.48. The molecular weight excluding hydrogens is 482 g/mol. The third-order valence-corrected chi connectivity index (χ3v) is 6.31. The van der Waals surface area contributed by atoms with Gasteiger partial charge in [-0.2, -0.15) is 5.26 Å². The minimum Gasteiger partial charge on any atom is -0.444 e. The molecule has 38 heavy (non-hydrogen) atoms. The van der Waals surface area contributed by atoms with Crippen LogP contribution in [0.4, 0.5) is 4.79 Å². The van der Waals surface area contributed by atoms with Gasteiger partial charge in [-0.05, 0) is 58.2 Å². The molecule has 0 unspecified atom stereocenters. The molecule has 0 spiro atoms. The highest BCUT2D eigenvalue weighted by atomic mass is 16.6. The molecule has 2 atom stereocenters. The summed E-state index contributed by atoms with van der Waals surface area (Å²) in [5.41, 5.74) is 5.44. The zero-order chi connectivity index (χ0) is 27.4. The van der Waals surface area contributed by atoms with Crippen molar-refractivity contribution in [3.63, 3.8) is 0 Å². The number of rotatable bonds is 5. The van der Waals surface area contributed by atoms with Crippen molar-refractivity contribution < 1.29 is 19.1 Å². The first-order valence-electron chi connectivity index (χ1n) is 12.9. The summed E-state index contributed by atoms with van der Waals surface area (Å²) in [4.78, 5) is 31.5. The Morgan fingerprint density at radius 3 is 2.63 bits per heavy atom. The van der Waals surface area contributed by atoms with Gasteiger partial charge in [0.15, 0.2) is 6.10 Å². The van der Waals surface area contributed by atoms with Crippen LogP contribution in [-0.2, 0) is 20.7 Å². The van der Waals surface area contributed by atoms with Gasteiger partial charge in [-0.1, -0.05) is 24.3 Å². The predicted molar refractivity (Wildman–Crippen MR) is 144 cm³/mol. The third-order valence-electron chi connectivity index (χ3n) is 6.31. The molecule has 1 aromatic carbocycles. The molecule has 1 N–H and O–H groups in total. The molecule has 1 aliphatic rings. The van der Waals surface area contributed by atoms with Gasteiger partial charge in [0.05, 0.1) is 29.5 Å². The van der Waals surface area contributed by atoms with Gasteiger partial charge in [0.25, 0.3) is 5.91 Å². The van der Waals surface area contributed by atoms with E-state index < -0.39 is 29.7 Å². The van der Waals surface area contributed by atoms with Gasteiger partial charge in [0, 0.05) is 37.5 Å². The van der Waals surface area contributed by atoms with E-state index in [1.54, 1.807) is 20.8 Å². The van der Waals surface area contributed by atoms with E-state index in [1.807, 2.05) is 44.3 Å². The zero-order valence-electron chi connectivity index (χ0n) is 22.7. The summed E-state index contributed by atoms with van der Waals surface area (Å²) in [6, 6.07) is 11.5. The van der Waals surface area contributed by atoms with Crippen molar-refractivity contribution in [1.82, 2.24) is 19.6 Å². The number of ether oxygens (including phenoxy) is 2. The number of benzene rings is 1. The summed E-state index contributed by atoms with van der Waals surface area (Å²) in [6.07, 6.45) is 3.70. The summed E-state index contributed by atoms with van der Waals surface area (Å²) in [5, 5.41) is 12.5. The number of nitrogens with one attached hydrogen (secondary N) is 1. The normalized spacial score (nSPS) is 16.9. The number of aryl methyl sites for hydroxylation is 2. The zero-order valence-corrected chi connectivity index (χ0v) is 22.7. The largest absolute Gasteiger partial charge is 0.444 e. The van der Waals surface area contributed by atoms with Crippen molar-refractivity contribution in [2.24, 2.45) is 0 Å². The maximum atomic E-state index is 13.0. The van der Waals surface area contributed by atoms with E-state index in [2.05, 4.69) is 33.0 Å². The molecule has 4 rings (SSSR count). The Labute approximate surface area is 223 Å². The fraction of sp³-hybridized carbons (Fsp3) is 0.448. The maximum Gasteiger partial charge on any atom is 0.410 e. The van der Waals surface area contributed by atoms with Crippen LogP contribution >= 0.6 is 0 Å². The monoisotopic (exact) mass is 517 g/mol. The summed E-state index contributed by atoms with van der Waals surface area (Å²) >= 11 is 0. The standard InChI is InChI=1S/C29H35N5O4/c1-19-16-34-17-23(14-25(34)20(2)31-19)22-9-7-21(8-10-22)13-24(15-30)32-27(35)26-18-33(11-6-12-37-26)28(36)38-29(3,4)5/h7-10,14,16-17,24,26H,6,11-13,18H2,1-5H3,(H,32,35)/t24-,26-/m0/s1. The third kappa shape index (κ3) is 6.69. The molecule has 3 aromatic rings. The van der Waals surface area contributed by atoms with Crippen molar-refractivity contribution in [1.29, 1.82) is 5.26 Å². The van der Waals surface area contributed by atoms with Gasteiger partial charge < -0.3 is 24.1 Å². The molecule has 1 aliphatic heterocycles. The molecule has 1 fully saturated rings. The van der Waals surface area contributed by atoms with E-state index in [4.69, 9.17) is 9.47 Å². The molecule has 9 nitrogen and oxygen atoms in total. The van der Waals surface area contributed by atoms with Crippen LogP contribution in [0.1, 0.15) is 44.1 Å². The highest BCUT2D eigenvalue weighted by molar-refractivity contribution is 5.82. The molecule has 0 bridgehead atoms. The molecule has 1 saturated heterocycles. The minimum atomic E-state index is -0.867. The fourth-order valence-corrected chi connectivity index (χ4v) is 4.53. The van der Waals surface area contributed by atoms with Crippen molar-refractivity contribution >= 4 is 17.5 Å². The van der Waals surface area contributed by atoms with Gasteiger partial charge in [-0.3, -0.25) is 9.78 Å². The summed E-state index contributed by atoms with van der Waals surface area (Å²) in [6.45, 7) is 10.2. The number of nitrogens with zero attached hydrogens (tertiary/aromatic N) is 4. The van der Waals surface area contributed by atoms with Gasteiger partial charge in [-0.25, -0.2) is 4.79 Å². The smallest absolute Gasteiger partial charge is 0.410 e. The molecule has 3 heterocycles. The number of aromatic nitrogens is 2. The number of hydrogen-bond donors (Lipinski definition) is 1. The summed E-state index contributed by atoms with van der Waals surface area (Å²) in [5.74, 6) is -0.414. The number of carbonyl (C=O) groups excluding carboxylic acids is 2. The minimum absolute atomic E-state index is 0.0775. The highest BCUT2D eigenvalue weighted by Crippen LogP contribution is 2.25. The molecule has 200 valence electrons. The molecule has 2 amide bonds. The lowest BCUT2D eigenvalue weighted by Gasteiger charge is -2.27. The Kier molecular flexibility index (Phi) is 8.02. The molecule has 0 saturated carbocycles. The first-order valence-corrected chi connectivity index (χ1v) is 12.9. The van der Waals surface area contributed by atoms with Crippen molar-refractivity contribution in [3.05, 3.63) is 59.7 Å². The Morgan fingerprint density at radius 1 is 1.21 bits per heavy atom. The van der Waals surface area contributed by atoms with E-state index in [-0.39, 0.29) is 6.54 Å². The molecular formula is C29H35N5O4. The predicted octanol–water partition coefficient (Wildman–Crippen LogP) is 4.20. The first-order chi connectivity index (χ1) is 18.0. The van der Waals surface area contributed by atoms with Crippen LogP contribution in [0.25, 0.3) is 16.6 Å². The van der Waals surface area contributed by atoms with Crippen LogP contribution in [-0.4, -0.2) is 63.7 Å². The summed E-state index contributed by atoms with van der Waals surface area (Å²) in [7, 11) is 0. The van der Waals surface area contributed by atoms with Gasteiger partial charge in [-0.15, -0.1) is 0 Å². The fourth-order valence-electron chi connectivity index (χ4n) is 4.53. The van der Waals surface area contributed by atoms with E-state index in [0.29, 0.717) is 26.0 Å². The Morgan fingerprint density at radius 2 is 1.95 bits per heavy atom. The van der Waals surface area contributed by atoms with E-state index in [0.717, 1.165) is 33.6 Å². The Bertz CT molecular complexity index is 1350. The Hall–Kier alpha value is -3.90. The van der Waals surface area contributed by atoms with Gasteiger partial charge in [0.1, 0.15) is 11.6 Å². The number of hydrogen-bond acceptors (Lipinski definition) is 6. The quantitative estimate of drug-likeness (QED) is 0.544. The van der Waals surface area contributed by atoms with Crippen LogP contribution in [0.15, 0.2) is 42.7 Å². The number of fused-ring (bicyclic) bond motifs is 1. The molecule has 2 aromatic heterocycles.